The Morgan fingerprint density at radius 1 is 1.08 bits per heavy atom. The number of para-hydroxylation sites is 1. The van der Waals surface area contributed by atoms with E-state index in [0.29, 0.717) is 34.9 Å². The number of likely N-dealkylation sites (N-methyl/N-ethyl adjacent to an activating group) is 1. The lowest BCUT2D eigenvalue weighted by atomic mass is 10.0. The van der Waals surface area contributed by atoms with Crippen LogP contribution in [0.3, 0.4) is 0 Å². The summed E-state index contributed by atoms with van der Waals surface area (Å²) in [5, 5.41) is 1.23. The van der Waals surface area contributed by atoms with Gasteiger partial charge >= 0.3 is 0 Å². The van der Waals surface area contributed by atoms with Gasteiger partial charge in [0.15, 0.2) is 5.43 Å². The number of pyridine rings is 1. The zero-order valence-corrected chi connectivity index (χ0v) is 13.8. The molecule has 0 aliphatic carbocycles. The predicted octanol–water partition coefficient (Wildman–Crippen LogP) is 2.20. The van der Waals surface area contributed by atoms with Gasteiger partial charge < -0.3 is 14.8 Å². The fourth-order valence-electron chi connectivity index (χ4n) is 3.35. The maximum absolute atomic E-state index is 12.9. The summed E-state index contributed by atoms with van der Waals surface area (Å²) < 4.78 is 0. The Balaban J connectivity index is 1.89. The van der Waals surface area contributed by atoms with Crippen molar-refractivity contribution in [2.24, 2.45) is 0 Å². The number of benzene rings is 2. The van der Waals surface area contributed by atoms with Crippen LogP contribution in [0.2, 0.25) is 0 Å². The van der Waals surface area contributed by atoms with E-state index in [4.69, 9.17) is 0 Å². The Morgan fingerprint density at radius 3 is 2.67 bits per heavy atom. The van der Waals surface area contributed by atoms with Crippen molar-refractivity contribution in [1.29, 1.82) is 0 Å². The van der Waals surface area contributed by atoms with E-state index in [-0.39, 0.29) is 11.3 Å². The minimum atomic E-state index is -0.0262. The highest BCUT2D eigenvalue weighted by Crippen LogP contribution is 2.29. The molecule has 1 amide bonds. The number of carbonyl (C=O) groups excluding carboxylic acids is 1. The predicted molar refractivity (Wildman–Crippen MR) is 95.4 cm³/mol. The molecule has 1 aliphatic heterocycles. The van der Waals surface area contributed by atoms with Crippen LogP contribution in [-0.2, 0) is 6.54 Å². The standard InChI is InChI=1S/C19H19N3O2/c1-21(2)9-10-22-11-12-7-8-14-17(16(12)19(22)24)20-15-6-4-3-5-13(15)18(14)23/h3-8H,9-11H2,1-2H3,(H,20,23). The zero-order chi connectivity index (χ0) is 16.8. The second-order valence-electron chi connectivity index (χ2n) is 6.55. The van der Waals surface area contributed by atoms with Crippen molar-refractivity contribution >= 4 is 27.7 Å². The summed E-state index contributed by atoms with van der Waals surface area (Å²) in [6.07, 6.45) is 0. The monoisotopic (exact) mass is 321 g/mol. The van der Waals surface area contributed by atoms with Crippen LogP contribution >= 0.6 is 0 Å². The van der Waals surface area contributed by atoms with E-state index in [1.807, 2.05) is 55.4 Å². The molecular weight excluding hydrogens is 302 g/mol. The van der Waals surface area contributed by atoms with Crippen molar-refractivity contribution in [1.82, 2.24) is 14.8 Å². The van der Waals surface area contributed by atoms with Crippen molar-refractivity contribution < 1.29 is 4.79 Å². The Labute approximate surface area is 139 Å². The van der Waals surface area contributed by atoms with Crippen LogP contribution < -0.4 is 5.43 Å². The molecule has 5 nitrogen and oxygen atoms in total. The van der Waals surface area contributed by atoms with E-state index in [9.17, 15) is 9.59 Å². The number of hydrogen-bond acceptors (Lipinski definition) is 3. The van der Waals surface area contributed by atoms with Crippen LogP contribution in [-0.4, -0.2) is 47.9 Å². The molecule has 0 fully saturated rings. The SMILES string of the molecule is CN(C)CCN1Cc2ccc3c(=O)c4ccccc4[nH]c3c2C1=O. The van der Waals surface area contributed by atoms with Gasteiger partial charge in [-0.2, -0.15) is 0 Å². The molecule has 0 saturated heterocycles. The summed E-state index contributed by atoms with van der Waals surface area (Å²) in [6.45, 7) is 2.10. The van der Waals surface area contributed by atoms with Crippen molar-refractivity contribution in [2.75, 3.05) is 27.2 Å². The Hall–Kier alpha value is -2.66. The number of nitrogens with one attached hydrogen (secondary N) is 1. The lowest BCUT2D eigenvalue weighted by Gasteiger charge is -2.18. The van der Waals surface area contributed by atoms with E-state index in [1.165, 1.54) is 0 Å². The molecule has 0 bridgehead atoms. The first-order chi connectivity index (χ1) is 11.6. The maximum Gasteiger partial charge on any atom is 0.256 e. The average molecular weight is 321 g/mol. The topological polar surface area (TPSA) is 56.4 Å². The van der Waals surface area contributed by atoms with Crippen LogP contribution in [0.5, 0.6) is 0 Å². The number of H-pyrrole nitrogens is 1. The van der Waals surface area contributed by atoms with E-state index in [2.05, 4.69) is 9.88 Å². The molecule has 1 aliphatic rings. The zero-order valence-electron chi connectivity index (χ0n) is 13.8. The third-order valence-electron chi connectivity index (χ3n) is 4.65. The molecule has 2 heterocycles. The van der Waals surface area contributed by atoms with Gasteiger partial charge in [0.25, 0.3) is 5.91 Å². The lowest BCUT2D eigenvalue weighted by molar-refractivity contribution is 0.0769. The first-order valence-electron chi connectivity index (χ1n) is 8.07. The van der Waals surface area contributed by atoms with Gasteiger partial charge in [-0.3, -0.25) is 9.59 Å². The fraction of sp³-hybridized carbons (Fsp3) is 0.263. The Bertz CT molecular complexity index is 1020. The molecule has 3 aromatic rings. The summed E-state index contributed by atoms with van der Waals surface area (Å²) >= 11 is 0. The Morgan fingerprint density at radius 2 is 1.88 bits per heavy atom. The largest absolute Gasteiger partial charge is 0.354 e. The van der Waals surface area contributed by atoms with Crippen molar-refractivity contribution in [3.8, 4) is 0 Å². The number of aromatic nitrogens is 1. The minimum Gasteiger partial charge on any atom is -0.354 e. The molecule has 5 heteroatoms. The number of fused-ring (bicyclic) bond motifs is 4. The molecule has 0 saturated carbocycles. The molecule has 0 radical (unpaired) electrons. The van der Waals surface area contributed by atoms with Gasteiger partial charge in [-0.25, -0.2) is 0 Å². The first-order valence-corrected chi connectivity index (χ1v) is 8.07. The van der Waals surface area contributed by atoms with Crippen molar-refractivity contribution in [3.05, 3.63) is 57.7 Å². The van der Waals surface area contributed by atoms with Gasteiger partial charge in [0, 0.05) is 35.9 Å². The average Bonchev–Trinajstić information content (AvgIpc) is 2.90. The number of rotatable bonds is 3. The second-order valence-corrected chi connectivity index (χ2v) is 6.55. The van der Waals surface area contributed by atoms with Gasteiger partial charge in [0.1, 0.15) is 0 Å². The molecule has 2 aromatic carbocycles. The summed E-state index contributed by atoms with van der Waals surface area (Å²) in [6, 6.07) is 11.2. The fourth-order valence-corrected chi connectivity index (χ4v) is 3.35. The molecule has 0 spiro atoms. The molecule has 0 unspecified atom stereocenters. The number of nitrogens with zero attached hydrogens (tertiary/aromatic N) is 2. The Kier molecular flexibility index (Phi) is 3.39. The highest BCUT2D eigenvalue weighted by atomic mass is 16.2. The van der Waals surface area contributed by atoms with Crippen LogP contribution in [0.25, 0.3) is 21.8 Å². The van der Waals surface area contributed by atoms with Crippen LogP contribution in [0.1, 0.15) is 15.9 Å². The van der Waals surface area contributed by atoms with Crippen LogP contribution in [0.15, 0.2) is 41.2 Å². The number of amides is 1. The second kappa shape index (κ2) is 5.46. The van der Waals surface area contributed by atoms with Gasteiger partial charge in [0.05, 0.1) is 11.1 Å². The molecule has 1 aromatic heterocycles. The molecule has 0 atom stereocenters. The number of hydrogen-bond donors (Lipinski definition) is 1. The summed E-state index contributed by atoms with van der Waals surface area (Å²) in [4.78, 5) is 32.8. The van der Waals surface area contributed by atoms with E-state index >= 15 is 0 Å². The van der Waals surface area contributed by atoms with Gasteiger partial charge in [-0.1, -0.05) is 18.2 Å². The summed E-state index contributed by atoms with van der Waals surface area (Å²) in [5.41, 5.74) is 3.03. The van der Waals surface area contributed by atoms with E-state index in [1.54, 1.807) is 0 Å². The van der Waals surface area contributed by atoms with Gasteiger partial charge in [-0.05, 0) is 37.9 Å². The first kappa shape index (κ1) is 14.9. The smallest absolute Gasteiger partial charge is 0.256 e. The maximum atomic E-state index is 12.9. The minimum absolute atomic E-state index is 0.00313. The number of aromatic amines is 1. The molecule has 1 N–H and O–H groups in total. The molecule has 122 valence electrons. The molecule has 4 rings (SSSR count). The quantitative estimate of drug-likeness (QED) is 0.753. The van der Waals surface area contributed by atoms with Crippen LogP contribution in [0, 0.1) is 0 Å². The molecule has 24 heavy (non-hydrogen) atoms. The van der Waals surface area contributed by atoms with Crippen LogP contribution in [0.4, 0.5) is 0 Å². The highest BCUT2D eigenvalue weighted by Gasteiger charge is 2.30. The third-order valence-corrected chi connectivity index (χ3v) is 4.65. The summed E-state index contributed by atoms with van der Waals surface area (Å²) in [5.74, 6) is 0.00313. The van der Waals surface area contributed by atoms with Gasteiger partial charge in [-0.15, -0.1) is 0 Å². The lowest BCUT2D eigenvalue weighted by Crippen LogP contribution is -2.32. The van der Waals surface area contributed by atoms with Crippen molar-refractivity contribution in [2.45, 2.75) is 6.54 Å². The van der Waals surface area contributed by atoms with Gasteiger partial charge in [0.2, 0.25) is 0 Å². The normalized spacial score (nSPS) is 14.1. The van der Waals surface area contributed by atoms with E-state index in [0.717, 1.165) is 17.6 Å². The summed E-state index contributed by atoms with van der Waals surface area (Å²) in [7, 11) is 3.99. The molecular formula is C19H19N3O2. The number of carbonyl (C=O) groups is 1. The highest BCUT2D eigenvalue weighted by molar-refractivity contribution is 6.10. The van der Waals surface area contributed by atoms with Crippen molar-refractivity contribution in [3.63, 3.8) is 0 Å². The van der Waals surface area contributed by atoms with E-state index < -0.39 is 0 Å². The third kappa shape index (κ3) is 2.20.